The molecular weight excluding hydrogens is 441 g/mol. The molecule has 0 spiro atoms. The summed E-state index contributed by atoms with van der Waals surface area (Å²) >= 11 is 3.75. The number of rotatable bonds is 6. The highest BCUT2D eigenvalue weighted by atomic mass is 127. The molecule has 1 aromatic rings. The number of guanidine groups is 1. The number of anilines is 1. The maximum atomic E-state index is 4.58. The van der Waals surface area contributed by atoms with E-state index < -0.39 is 0 Å². The summed E-state index contributed by atoms with van der Waals surface area (Å²) in [7, 11) is 5.86. The molecule has 0 aromatic carbocycles. The highest BCUT2D eigenvalue weighted by molar-refractivity contribution is 14.0. The Labute approximate surface area is 165 Å². The highest BCUT2D eigenvalue weighted by Gasteiger charge is 2.25. The smallest absolute Gasteiger partial charge is 0.191 e. The molecule has 0 bridgehead atoms. The Balaban J connectivity index is 0.00000264. The van der Waals surface area contributed by atoms with Crippen LogP contribution in [-0.4, -0.2) is 49.1 Å². The predicted molar refractivity (Wildman–Crippen MR) is 115 cm³/mol. The van der Waals surface area contributed by atoms with Gasteiger partial charge in [-0.05, 0) is 25.0 Å². The molecule has 0 saturated heterocycles. The van der Waals surface area contributed by atoms with Crippen LogP contribution in [0, 0.1) is 0 Å². The third kappa shape index (κ3) is 6.66. The molecule has 1 aliphatic carbocycles. The largest absolute Gasteiger partial charge is 0.354 e. The third-order valence-electron chi connectivity index (χ3n) is 3.71. The number of hydrogen-bond donors (Lipinski definition) is 2. The Morgan fingerprint density at radius 1 is 1.48 bits per heavy atom. The monoisotopic (exact) mass is 469 g/mol. The molecule has 1 heterocycles. The van der Waals surface area contributed by atoms with Crippen LogP contribution in [0.5, 0.6) is 0 Å². The molecule has 2 unspecified atom stereocenters. The van der Waals surface area contributed by atoms with Crippen molar-refractivity contribution in [1.82, 2.24) is 15.6 Å². The van der Waals surface area contributed by atoms with Gasteiger partial charge in [0.1, 0.15) is 0 Å². The number of thiazole rings is 1. The third-order valence-corrected chi connectivity index (χ3v) is 6.00. The normalized spacial score (nSPS) is 21.0. The molecule has 2 rings (SSSR count). The fraction of sp³-hybridized carbons (Fsp3) is 0.733. The Kier molecular flexibility index (Phi) is 9.60. The van der Waals surface area contributed by atoms with Crippen LogP contribution in [0.4, 0.5) is 5.13 Å². The van der Waals surface area contributed by atoms with E-state index in [-0.39, 0.29) is 24.0 Å². The first-order chi connectivity index (χ1) is 10.6. The maximum absolute atomic E-state index is 4.58. The summed E-state index contributed by atoms with van der Waals surface area (Å²) in [6.45, 7) is 2.95. The standard InChI is InChI=1S/C15H27N5S2.HI/c1-5-21-13-7-6-11(8-13)18-14(16-2)17-9-12-10-22-15(19-12)20(3)4;/h10-11,13H,5-9H2,1-4H3,(H2,16,17,18);1H. The van der Waals surface area contributed by atoms with Gasteiger partial charge in [-0.15, -0.1) is 35.3 Å². The van der Waals surface area contributed by atoms with Crippen LogP contribution in [0.3, 0.4) is 0 Å². The van der Waals surface area contributed by atoms with E-state index in [4.69, 9.17) is 0 Å². The van der Waals surface area contributed by atoms with E-state index in [2.05, 4.69) is 44.7 Å². The average molecular weight is 469 g/mol. The lowest BCUT2D eigenvalue weighted by Gasteiger charge is -2.17. The quantitative estimate of drug-likeness (QED) is 0.381. The lowest BCUT2D eigenvalue weighted by atomic mass is 10.2. The maximum Gasteiger partial charge on any atom is 0.191 e. The molecule has 23 heavy (non-hydrogen) atoms. The van der Waals surface area contributed by atoms with Gasteiger partial charge in [-0.1, -0.05) is 6.92 Å². The number of halogens is 1. The van der Waals surface area contributed by atoms with E-state index in [1.54, 1.807) is 11.3 Å². The van der Waals surface area contributed by atoms with Crippen LogP contribution in [0.2, 0.25) is 0 Å². The van der Waals surface area contributed by atoms with Crippen molar-refractivity contribution in [2.24, 2.45) is 4.99 Å². The van der Waals surface area contributed by atoms with E-state index in [1.165, 1.54) is 25.0 Å². The summed E-state index contributed by atoms with van der Waals surface area (Å²) in [5.41, 5.74) is 1.06. The molecule has 0 amide bonds. The van der Waals surface area contributed by atoms with Gasteiger partial charge in [-0.2, -0.15) is 11.8 Å². The Hall–Kier alpha value is -0.220. The van der Waals surface area contributed by atoms with Crippen LogP contribution in [0.1, 0.15) is 31.9 Å². The van der Waals surface area contributed by atoms with Gasteiger partial charge in [-0.25, -0.2) is 4.98 Å². The van der Waals surface area contributed by atoms with Gasteiger partial charge in [0.15, 0.2) is 11.1 Å². The molecule has 132 valence electrons. The van der Waals surface area contributed by atoms with Gasteiger partial charge in [0.05, 0.1) is 12.2 Å². The van der Waals surface area contributed by atoms with Gasteiger partial charge in [0.25, 0.3) is 0 Å². The lowest BCUT2D eigenvalue weighted by molar-refractivity contribution is 0.614. The summed E-state index contributed by atoms with van der Waals surface area (Å²) in [5, 5.41) is 10.9. The average Bonchev–Trinajstić information content (AvgIpc) is 3.13. The zero-order chi connectivity index (χ0) is 15.9. The molecule has 1 saturated carbocycles. The summed E-state index contributed by atoms with van der Waals surface area (Å²) in [4.78, 5) is 10.9. The number of nitrogens with zero attached hydrogens (tertiary/aromatic N) is 3. The first kappa shape index (κ1) is 20.8. The van der Waals surface area contributed by atoms with Crippen molar-refractivity contribution in [3.05, 3.63) is 11.1 Å². The second kappa shape index (κ2) is 10.6. The van der Waals surface area contributed by atoms with E-state index in [0.29, 0.717) is 12.6 Å². The molecule has 1 fully saturated rings. The molecule has 0 radical (unpaired) electrons. The Morgan fingerprint density at radius 2 is 2.26 bits per heavy atom. The summed E-state index contributed by atoms with van der Waals surface area (Å²) in [6.07, 6.45) is 3.78. The van der Waals surface area contributed by atoms with Crippen LogP contribution >= 0.6 is 47.1 Å². The Morgan fingerprint density at radius 3 is 2.87 bits per heavy atom. The van der Waals surface area contributed by atoms with Crippen molar-refractivity contribution in [2.75, 3.05) is 31.8 Å². The second-order valence-electron chi connectivity index (χ2n) is 5.67. The minimum atomic E-state index is 0. The molecular formula is C15H28IN5S2. The number of aliphatic imine (C=N–C) groups is 1. The van der Waals surface area contributed by atoms with Crippen molar-refractivity contribution < 1.29 is 0 Å². The number of nitrogens with one attached hydrogen (secondary N) is 2. The van der Waals surface area contributed by atoms with Crippen molar-refractivity contribution in [2.45, 2.75) is 44.0 Å². The number of aromatic nitrogens is 1. The molecule has 2 atom stereocenters. The van der Waals surface area contributed by atoms with Crippen molar-refractivity contribution in [3.8, 4) is 0 Å². The van der Waals surface area contributed by atoms with Crippen molar-refractivity contribution in [3.63, 3.8) is 0 Å². The van der Waals surface area contributed by atoms with Gasteiger partial charge >= 0.3 is 0 Å². The Bertz CT molecular complexity index is 492. The minimum absolute atomic E-state index is 0. The van der Waals surface area contributed by atoms with Crippen LogP contribution in [-0.2, 0) is 6.54 Å². The topological polar surface area (TPSA) is 52.6 Å². The van der Waals surface area contributed by atoms with Gasteiger partial charge in [0, 0.05) is 37.8 Å². The van der Waals surface area contributed by atoms with Gasteiger partial charge < -0.3 is 15.5 Å². The minimum Gasteiger partial charge on any atom is -0.354 e. The van der Waals surface area contributed by atoms with E-state index in [1.807, 2.05) is 26.0 Å². The summed E-state index contributed by atoms with van der Waals surface area (Å²) < 4.78 is 0. The zero-order valence-corrected chi connectivity index (χ0v) is 18.3. The predicted octanol–water partition coefficient (Wildman–Crippen LogP) is 3.17. The molecule has 0 aliphatic heterocycles. The van der Waals surface area contributed by atoms with Gasteiger partial charge in [0.2, 0.25) is 0 Å². The molecule has 2 N–H and O–H groups in total. The SMILES string of the molecule is CCSC1CCC(NC(=NC)NCc2csc(N(C)C)n2)C1.I. The second-order valence-corrected chi connectivity index (χ2v) is 8.09. The van der Waals surface area contributed by atoms with Crippen LogP contribution < -0.4 is 15.5 Å². The van der Waals surface area contributed by atoms with Crippen LogP contribution in [0.25, 0.3) is 0 Å². The zero-order valence-electron chi connectivity index (χ0n) is 14.3. The van der Waals surface area contributed by atoms with Crippen LogP contribution in [0.15, 0.2) is 10.4 Å². The fourth-order valence-corrected chi connectivity index (χ4v) is 4.50. The molecule has 8 heteroatoms. The van der Waals surface area contributed by atoms with Gasteiger partial charge in [-0.3, -0.25) is 4.99 Å². The number of hydrogen-bond acceptors (Lipinski definition) is 5. The number of thioether (sulfide) groups is 1. The summed E-state index contributed by atoms with van der Waals surface area (Å²) in [5.74, 6) is 2.09. The molecule has 1 aromatic heterocycles. The lowest BCUT2D eigenvalue weighted by Crippen LogP contribution is -2.42. The van der Waals surface area contributed by atoms with Crippen molar-refractivity contribution >= 4 is 58.2 Å². The van der Waals surface area contributed by atoms with E-state index in [9.17, 15) is 0 Å². The van der Waals surface area contributed by atoms with E-state index >= 15 is 0 Å². The molecule has 1 aliphatic rings. The first-order valence-electron chi connectivity index (χ1n) is 7.82. The van der Waals surface area contributed by atoms with E-state index in [0.717, 1.165) is 22.0 Å². The first-order valence-corrected chi connectivity index (χ1v) is 9.75. The van der Waals surface area contributed by atoms with Crippen molar-refractivity contribution in [1.29, 1.82) is 0 Å². The highest BCUT2D eigenvalue weighted by Crippen LogP contribution is 2.29. The fourth-order valence-electron chi connectivity index (χ4n) is 2.60. The molecule has 5 nitrogen and oxygen atoms in total. The summed E-state index contributed by atoms with van der Waals surface area (Å²) in [6, 6.07) is 0.544.